The van der Waals surface area contributed by atoms with Crippen LogP contribution in [0.2, 0.25) is 0 Å². The molecule has 0 radical (unpaired) electrons. The average Bonchev–Trinajstić information content (AvgIpc) is 3.56. The van der Waals surface area contributed by atoms with Gasteiger partial charge in [-0.15, -0.1) is 0 Å². The molecule has 2 atom stereocenters. The van der Waals surface area contributed by atoms with E-state index in [4.69, 9.17) is 14.7 Å². The van der Waals surface area contributed by atoms with Crippen LogP contribution in [-0.4, -0.2) is 22.3 Å². The number of nitrogens with zero attached hydrogens (tertiary/aromatic N) is 3. The van der Waals surface area contributed by atoms with Gasteiger partial charge in [-0.1, -0.05) is 106 Å². The van der Waals surface area contributed by atoms with Gasteiger partial charge in [0.25, 0.3) is 0 Å². The summed E-state index contributed by atoms with van der Waals surface area (Å²) >= 11 is 0. The van der Waals surface area contributed by atoms with Crippen molar-refractivity contribution < 1.29 is 12.3 Å². The predicted octanol–water partition coefficient (Wildman–Crippen LogP) is 13.0. The molecule has 3 heterocycles. The van der Waals surface area contributed by atoms with Gasteiger partial charge in [-0.3, -0.25) is 9.69 Å². The third-order valence-corrected chi connectivity index (χ3v) is 13.1. The molecule has 0 bridgehead atoms. The normalized spacial score (nSPS) is 22.2. The second-order valence-corrected chi connectivity index (χ2v) is 20.9. The van der Waals surface area contributed by atoms with Crippen molar-refractivity contribution in [2.45, 2.75) is 138 Å². The number of carbonyl (C=O) groups excluding carboxylic acids is 1. The van der Waals surface area contributed by atoms with Crippen LogP contribution < -0.4 is 4.90 Å². The number of ether oxygens (including phenoxy) is 1. The maximum Gasteiger partial charge on any atom is 0.217 e. The van der Waals surface area contributed by atoms with Gasteiger partial charge in [0.2, 0.25) is 5.90 Å². The molecular formula is C53H61N3O2. The van der Waals surface area contributed by atoms with Gasteiger partial charge in [0, 0.05) is 54.1 Å². The minimum atomic E-state index is -1.86. The summed E-state index contributed by atoms with van der Waals surface area (Å²) in [7, 11) is 0. The highest BCUT2D eigenvalue weighted by Gasteiger charge is 2.66. The van der Waals surface area contributed by atoms with Crippen LogP contribution in [0.4, 0.5) is 17.2 Å². The molecule has 4 aromatic carbocycles. The Morgan fingerprint density at radius 3 is 2.09 bits per heavy atom. The number of aromatic nitrogens is 1. The summed E-state index contributed by atoms with van der Waals surface area (Å²) in [5, 5.41) is 0. The summed E-state index contributed by atoms with van der Waals surface area (Å²) in [5.41, 5.74) is 9.14. The van der Waals surface area contributed by atoms with E-state index >= 15 is 4.79 Å². The van der Waals surface area contributed by atoms with Crippen LogP contribution in [0.3, 0.4) is 0 Å². The van der Waals surface area contributed by atoms with Crippen LogP contribution in [0.25, 0.3) is 0 Å². The fourth-order valence-electron chi connectivity index (χ4n) is 9.44. The number of hydrogen-bond acceptors (Lipinski definition) is 5. The SMILES string of the molecule is [2H]C1([2H])c2cc(C)c(C)cc2[C@@]2(C)N=C(c3cc(C(=O)c4cc(C)cc(N5c6ccc(C(C)(C)C)cc6C(C)(C)c6cccnc65)c4)cc(C(C)(C)C)c3)O[C@@]12C(C)(C)C. The van der Waals surface area contributed by atoms with E-state index in [0.29, 0.717) is 28.2 Å². The van der Waals surface area contributed by atoms with Gasteiger partial charge in [0.1, 0.15) is 17.0 Å². The number of pyridine rings is 1. The van der Waals surface area contributed by atoms with E-state index in [-0.39, 0.29) is 22.0 Å². The summed E-state index contributed by atoms with van der Waals surface area (Å²) < 4.78 is 26.7. The van der Waals surface area contributed by atoms with Crippen LogP contribution in [0.1, 0.15) is 157 Å². The lowest BCUT2D eigenvalue weighted by atomic mass is 9.66. The molecule has 5 aromatic rings. The molecule has 300 valence electrons. The molecule has 0 spiro atoms. The molecule has 0 unspecified atom stereocenters. The van der Waals surface area contributed by atoms with E-state index in [9.17, 15) is 2.74 Å². The molecule has 58 heavy (non-hydrogen) atoms. The molecule has 8 rings (SSSR count). The van der Waals surface area contributed by atoms with Gasteiger partial charge in [-0.25, -0.2) is 9.98 Å². The Morgan fingerprint density at radius 2 is 1.41 bits per heavy atom. The Kier molecular flexibility index (Phi) is 8.18. The van der Waals surface area contributed by atoms with Crippen LogP contribution in [0.5, 0.6) is 0 Å². The van der Waals surface area contributed by atoms with Gasteiger partial charge in [0.05, 0.1) is 5.69 Å². The topological polar surface area (TPSA) is 54.8 Å². The van der Waals surface area contributed by atoms with Crippen molar-refractivity contribution in [3.63, 3.8) is 0 Å². The maximum atomic E-state index is 15.1. The molecule has 5 nitrogen and oxygen atoms in total. The lowest BCUT2D eigenvalue weighted by Crippen LogP contribution is -2.54. The lowest BCUT2D eigenvalue weighted by molar-refractivity contribution is -0.0673. The van der Waals surface area contributed by atoms with Crippen molar-refractivity contribution in [1.82, 2.24) is 4.98 Å². The van der Waals surface area contributed by atoms with Crippen molar-refractivity contribution >= 4 is 28.9 Å². The van der Waals surface area contributed by atoms with E-state index in [0.717, 1.165) is 50.6 Å². The Labute approximate surface area is 349 Å². The third-order valence-electron chi connectivity index (χ3n) is 13.1. The molecule has 1 aliphatic carbocycles. The summed E-state index contributed by atoms with van der Waals surface area (Å²) in [4.78, 5) is 27.6. The highest BCUT2D eigenvalue weighted by Crippen LogP contribution is 2.60. The number of hydrogen-bond donors (Lipinski definition) is 0. The minimum Gasteiger partial charge on any atom is -0.467 e. The van der Waals surface area contributed by atoms with E-state index in [1.165, 1.54) is 11.1 Å². The quantitative estimate of drug-likeness (QED) is 0.171. The van der Waals surface area contributed by atoms with Crippen molar-refractivity contribution in [3.05, 3.63) is 152 Å². The molecule has 2 aliphatic heterocycles. The average molecular weight is 774 g/mol. The Bertz CT molecular complexity index is 2670. The summed E-state index contributed by atoms with van der Waals surface area (Å²) in [6, 6.07) is 27.1. The van der Waals surface area contributed by atoms with Crippen LogP contribution in [0, 0.1) is 26.2 Å². The summed E-state index contributed by atoms with van der Waals surface area (Å²) in [6.45, 7) is 32.0. The molecule has 0 saturated carbocycles. The molecule has 0 amide bonds. The standard InChI is InChI=1S/C53H61N3O2/c1-31-21-34(28-40(22-31)56-44-19-18-38(48(4,5)6)29-43(44)51(13,14)41-17-16-20-54-46(41)56)45(57)35-25-36(27-39(26-35)49(7,8)9)47-55-52(15)42-24-33(3)32(2)23-37(42)30-53(52,58-47)50(10,11)12/h16-29H,30H2,1-15H3/t52-,53-/m1/s1/i30D2. The molecular weight excluding hydrogens is 711 g/mol. The molecule has 3 aliphatic rings. The first-order valence-electron chi connectivity index (χ1n) is 21.8. The van der Waals surface area contributed by atoms with Crippen LogP contribution >= 0.6 is 0 Å². The van der Waals surface area contributed by atoms with Crippen molar-refractivity contribution in [2.24, 2.45) is 10.4 Å². The van der Waals surface area contributed by atoms with Crippen molar-refractivity contribution in [2.75, 3.05) is 4.90 Å². The number of ketones is 1. The number of benzene rings is 4. The maximum absolute atomic E-state index is 15.1. The zero-order valence-corrected chi connectivity index (χ0v) is 37.2. The number of aliphatic imine (C=N–C) groups is 1. The van der Waals surface area contributed by atoms with E-state index in [1.54, 1.807) is 0 Å². The van der Waals surface area contributed by atoms with Gasteiger partial charge in [-0.2, -0.15) is 0 Å². The zero-order valence-electron chi connectivity index (χ0n) is 39.2. The minimum absolute atomic E-state index is 0.0261. The highest BCUT2D eigenvalue weighted by atomic mass is 16.5. The molecule has 0 saturated heterocycles. The van der Waals surface area contributed by atoms with Crippen LogP contribution in [0.15, 0.2) is 90.1 Å². The Morgan fingerprint density at radius 1 is 0.741 bits per heavy atom. The fourth-order valence-corrected chi connectivity index (χ4v) is 9.44. The van der Waals surface area contributed by atoms with Gasteiger partial charge in [0.15, 0.2) is 5.78 Å². The van der Waals surface area contributed by atoms with Gasteiger partial charge >= 0.3 is 0 Å². The molecule has 5 heteroatoms. The lowest BCUT2D eigenvalue weighted by Gasteiger charge is -2.45. The second kappa shape index (κ2) is 12.7. The van der Waals surface area contributed by atoms with E-state index in [2.05, 4.69) is 110 Å². The number of carbonyl (C=O) groups is 1. The largest absolute Gasteiger partial charge is 0.467 e. The smallest absolute Gasteiger partial charge is 0.217 e. The first-order valence-corrected chi connectivity index (χ1v) is 20.8. The van der Waals surface area contributed by atoms with Crippen molar-refractivity contribution in [1.29, 1.82) is 0 Å². The monoisotopic (exact) mass is 773 g/mol. The highest BCUT2D eigenvalue weighted by molar-refractivity contribution is 6.11. The molecule has 0 fully saturated rings. The predicted molar refractivity (Wildman–Crippen MR) is 240 cm³/mol. The fraction of sp³-hybridized carbons (Fsp3) is 0.415. The number of anilines is 3. The zero-order chi connectivity index (χ0) is 43.9. The number of rotatable bonds is 4. The molecule has 1 aromatic heterocycles. The Hall–Kier alpha value is -5.03. The van der Waals surface area contributed by atoms with Crippen LogP contribution in [-0.2, 0) is 32.9 Å². The number of fused-ring (bicyclic) bond motifs is 5. The summed E-state index contributed by atoms with van der Waals surface area (Å²) in [5.74, 6) is 1.10. The third kappa shape index (κ3) is 5.97. The first kappa shape index (κ1) is 37.3. The van der Waals surface area contributed by atoms with Gasteiger partial charge < -0.3 is 4.74 Å². The second-order valence-electron chi connectivity index (χ2n) is 20.9. The van der Waals surface area contributed by atoms with E-state index < -0.39 is 22.9 Å². The summed E-state index contributed by atoms with van der Waals surface area (Å²) in [6.07, 6.45) is -0.0162. The number of aryl methyl sites for hydroxylation is 3. The van der Waals surface area contributed by atoms with E-state index in [1.807, 2.05) is 84.1 Å². The Balaban J connectivity index is 1.28. The van der Waals surface area contributed by atoms with Crippen molar-refractivity contribution in [3.8, 4) is 0 Å². The molecule has 0 N–H and O–H groups in total. The van der Waals surface area contributed by atoms with Gasteiger partial charge in [-0.05, 0) is 132 Å². The first-order chi connectivity index (χ1) is 27.6.